The number of amides is 1. The van der Waals surface area contributed by atoms with Crippen LogP contribution in [0.25, 0.3) is 0 Å². The van der Waals surface area contributed by atoms with Gasteiger partial charge in [-0.2, -0.15) is 0 Å². The highest BCUT2D eigenvalue weighted by Crippen LogP contribution is 2.40. The molecule has 5 nitrogen and oxygen atoms in total. The van der Waals surface area contributed by atoms with Crippen LogP contribution in [0, 0.1) is 5.92 Å². The van der Waals surface area contributed by atoms with Crippen molar-refractivity contribution in [1.82, 2.24) is 5.32 Å². The predicted octanol–water partition coefficient (Wildman–Crippen LogP) is -0.355. The van der Waals surface area contributed by atoms with Gasteiger partial charge in [-0.25, -0.2) is 0 Å². The zero-order chi connectivity index (χ0) is 11.6. The number of nitrogens with one attached hydrogen (secondary N) is 1. The number of hydrogen-bond donors (Lipinski definition) is 2. The SMILES string of the molecule is CNC(COC1CCOC1)(C(N)=O)C1CC1. The van der Waals surface area contributed by atoms with Crippen LogP contribution in [0.15, 0.2) is 0 Å². The van der Waals surface area contributed by atoms with E-state index in [1.54, 1.807) is 7.05 Å². The summed E-state index contributed by atoms with van der Waals surface area (Å²) in [5.41, 5.74) is 4.82. The number of ether oxygens (including phenoxy) is 2. The van der Waals surface area contributed by atoms with Gasteiger partial charge in [0.15, 0.2) is 0 Å². The average Bonchev–Trinajstić information content (AvgIpc) is 2.97. The van der Waals surface area contributed by atoms with Crippen LogP contribution in [0.2, 0.25) is 0 Å². The molecular weight excluding hydrogens is 208 g/mol. The quantitative estimate of drug-likeness (QED) is 0.651. The molecule has 1 saturated heterocycles. The van der Waals surface area contributed by atoms with Gasteiger partial charge in [0, 0.05) is 6.61 Å². The Morgan fingerprint density at radius 1 is 1.56 bits per heavy atom. The highest BCUT2D eigenvalue weighted by Gasteiger charge is 2.49. The van der Waals surface area contributed by atoms with E-state index in [1.807, 2.05) is 0 Å². The van der Waals surface area contributed by atoms with Crippen LogP contribution in [0.3, 0.4) is 0 Å². The molecule has 5 heteroatoms. The van der Waals surface area contributed by atoms with Gasteiger partial charge in [-0.3, -0.25) is 4.79 Å². The highest BCUT2D eigenvalue weighted by atomic mass is 16.5. The molecule has 3 N–H and O–H groups in total. The van der Waals surface area contributed by atoms with Crippen molar-refractivity contribution >= 4 is 5.91 Å². The predicted molar refractivity (Wildman–Crippen MR) is 58.9 cm³/mol. The first-order valence-corrected chi connectivity index (χ1v) is 5.87. The summed E-state index contributed by atoms with van der Waals surface area (Å²) in [6.07, 6.45) is 3.12. The van der Waals surface area contributed by atoms with Gasteiger partial charge in [0.25, 0.3) is 0 Å². The maximum absolute atomic E-state index is 11.6. The number of primary amides is 1. The second-order valence-corrected chi connectivity index (χ2v) is 4.66. The summed E-state index contributed by atoms with van der Waals surface area (Å²) in [5, 5.41) is 3.06. The molecule has 2 atom stereocenters. The topological polar surface area (TPSA) is 73.6 Å². The lowest BCUT2D eigenvalue weighted by Crippen LogP contribution is -2.59. The molecule has 2 fully saturated rings. The van der Waals surface area contributed by atoms with Crippen molar-refractivity contribution < 1.29 is 14.3 Å². The minimum absolute atomic E-state index is 0.117. The van der Waals surface area contributed by atoms with Crippen molar-refractivity contribution in [3.8, 4) is 0 Å². The second kappa shape index (κ2) is 4.69. The van der Waals surface area contributed by atoms with Gasteiger partial charge in [-0.15, -0.1) is 0 Å². The van der Waals surface area contributed by atoms with E-state index in [0.717, 1.165) is 25.9 Å². The molecule has 1 aliphatic heterocycles. The minimum atomic E-state index is -0.678. The van der Waals surface area contributed by atoms with Crippen LogP contribution >= 0.6 is 0 Å². The molecule has 2 unspecified atom stereocenters. The number of carbonyl (C=O) groups is 1. The van der Waals surface area contributed by atoms with Gasteiger partial charge in [0.1, 0.15) is 5.54 Å². The van der Waals surface area contributed by atoms with E-state index < -0.39 is 5.54 Å². The van der Waals surface area contributed by atoms with Crippen LogP contribution in [0.4, 0.5) is 0 Å². The maximum atomic E-state index is 11.6. The standard InChI is InChI=1S/C11H20N2O3/c1-13-11(10(12)14,8-2-3-8)7-16-9-4-5-15-6-9/h8-9,13H,2-7H2,1H3,(H2,12,14). The van der Waals surface area contributed by atoms with Crippen molar-refractivity contribution in [3.05, 3.63) is 0 Å². The molecule has 1 heterocycles. The fourth-order valence-corrected chi connectivity index (χ4v) is 2.26. The van der Waals surface area contributed by atoms with Gasteiger partial charge in [0.2, 0.25) is 5.91 Å². The molecule has 0 radical (unpaired) electrons. The number of rotatable bonds is 6. The number of carbonyl (C=O) groups excluding carboxylic acids is 1. The van der Waals surface area contributed by atoms with Crippen LogP contribution in [-0.2, 0) is 14.3 Å². The van der Waals surface area contributed by atoms with E-state index in [-0.39, 0.29) is 12.0 Å². The summed E-state index contributed by atoms with van der Waals surface area (Å²) < 4.78 is 11.0. The van der Waals surface area contributed by atoms with Crippen LogP contribution in [0.5, 0.6) is 0 Å². The van der Waals surface area contributed by atoms with Crippen molar-refractivity contribution in [2.24, 2.45) is 11.7 Å². The number of nitrogens with two attached hydrogens (primary N) is 1. The Hall–Kier alpha value is -0.650. The fraction of sp³-hybridized carbons (Fsp3) is 0.909. The summed E-state index contributed by atoms with van der Waals surface area (Å²) in [6, 6.07) is 0. The molecule has 2 aliphatic rings. The Balaban J connectivity index is 1.93. The smallest absolute Gasteiger partial charge is 0.240 e. The first-order chi connectivity index (χ1) is 7.69. The summed E-state index contributed by atoms with van der Waals surface area (Å²) in [6.45, 7) is 1.73. The largest absolute Gasteiger partial charge is 0.379 e. The van der Waals surface area contributed by atoms with Crippen molar-refractivity contribution in [2.75, 3.05) is 26.9 Å². The van der Waals surface area contributed by atoms with Gasteiger partial charge >= 0.3 is 0 Å². The van der Waals surface area contributed by atoms with E-state index in [2.05, 4.69) is 5.32 Å². The highest BCUT2D eigenvalue weighted by molar-refractivity contribution is 5.85. The average molecular weight is 228 g/mol. The normalized spacial score (nSPS) is 28.9. The van der Waals surface area contributed by atoms with Crippen molar-refractivity contribution in [2.45, 2.75) is 30.9 Å². The summed E-state index contributed by atoms with van der Waals surface area (Å²) >= 11 is 0. The Kier molecular flexibility index (Phi) is 3.47. The first kappa shape index (κ1) is 11.8. The van der Waals surface area contributed by atoms with E-state index >= 15 is 0 Å². The Morgan fingerprint density at radius 3 is 2.75 bits per heavy atom. The van der Waals surface area contributed by atoms with Gasteiger partial charge in [-0.1, -0.05) is 0 Å². The molecule has 1 aliphatic carbocycles. The molecular formula is C11H20N2O3. The fourth-order valence-electron chi connectivity index (χ4n) is 2.26. The lowest BCUT2D eigenvalue weighted by Gasteiger charge is -2.31. The Morgan fingerprint density at radius 2 is 2.31 bits per heavy atom. The third kappa shape index (κ3) is 2.21. The molecule has 1 amide bonds. The molecule has 92 valence electrons. The zero-order valence-electron chi connectivity index (χ0n) is 9.70. The zero-order valence-corrected chi connectivity index (χ0v) is 9.70. The van der Waals surface area contributed by atoms with Crippen LogP contribution < -0.4 is 11.1 Å². The third-order valence-corrected chi connectivity index (χ3v) is 3.59. The molecule has 1 saturated carbocycles. The van der Waals surface area contributed by atoms with E-state index in [4.69, 9.17) is 15.2 Å². The molecule has 16 heavy (non-hydrogen) atoms. The Bertz CT molecular complexity index is 262. The lowest BCUT2D eigenvalue weighted by molar-refractivity contribution is -0.129. The number of likely N-dealkylation sites (N-methyl/N-ethyl adjacent to an activating group) is 1. The minimum Gasteiger partial charge on any atom is -0.379 e. The lowest BCUT2D eigenvalue weighted by atomic mass is 9.93. The van der Waals surface area contributed by atoms with Gasteiger partial charge in [-0.05, 0) is 32.2 Å². The van der Waals surface area contributed by atoms with Crippen LogP contribution in [0.1, 0.15) is 19.3 Å². The molecule has 0 spiro atoms. The van der Waals surface area contributed by atoms with E-state index in [0.29, 0.717) is 19.1 Å². The maximum Gasteiger partial charge on any atom is 0.240 e. The molecule has 0 aromatic heterocycles. The van der Waals surface area contributed by atoms with E-state index in [9.17, 15) is 4.79 Å². The van der Waals surface area contributed by atoms with Crippen molar-refractivity contribution in [3.63, 3.8) is 0 Å². The second-order valence-electron chi connectivity index (χ2n) is 4.66. The number of hydrogen-bond acceptors (Lipinski definition) is 4. The van der Waals surface area contributed by atoms with Gasteiger partial charge in [0.05, 0.1) is 19.3 Å². The first-order valence-electron chi connectivity index (χ1n) is 5.87. The van der Waals surface area contributed by atoms with Crippen molar-refractivity contribution in [1.29, 1.82) is 0 Å². The monoisotopic (exact) mass is 228 g/mol. The third-order valence-electron chi connectivity index (χ3n) is 3.59. The van der Waals surface area contributed by atoms with Crippen LogP contribution in [-0.4, -0.2) is 44.4 Å². The summed E-state index contributed by atoms with van der Waals surface area (Å²) in [7, 11) is 1.78. The molecule has 0 aromatic rings. The molecule has 0 bridgehead atoms. The Labute approximate surface area is 95.7 Å². The summed E-state index contributed by atoms with van der Waals surface area (Å²) in [5.74, 6) is 0.0220. The summed E-state index contributed by atoms with van der Waals surface area (Å²) in [4.78, 5) is 11.6. The molecule has 0 aromatic carbocycles. The van der Waals surface area contributed by atoms with E-state index in [1.165, 1.54) is 0 Å². The molecule has 2 rings (SSSR count). The van der Waals surface area contributed by atoms with Gasteiger partial charge < -0.3 is 20.5 Å².